The quantitative estimate of drug-likeness (QED) is 0.476. The highest BCUT2D eigenvalue weighted by molar-refractivity contribution is 5.59. The number of nitrogens with one attached hydrogen (secondary N) is 2. The molecule has 0 amide bonds. The second-order valence-electron chi connectivity index (χ2n) is 4.17. The highest BCUT2D eigenvalue weighted by Crippen LogP contribution is 2.22. The van der Waals surface area contributed by atoms with Gasteiger partial charge >= 0.3 is 0 Å². The van der Waals surface area contributed by atoms with Gasteiger partial charge in [0.15, 0.2) is 0 Å². The van der Waals surface area contributed by atoms with Crippen molar-refractivity contribution in [3.63, 3.8) is 0 Å². The van der Waals surface area contributed by atoms with E-state index in [9.17, 15) is 10.1 Å². The second kappa shape index (κ2) is 6.33. The Kier molecular flexibility index (Phi) is 4.29. The van der Waals surface area contributed by atoms with Crippen LogP contribution in [0, 0.1) is 21.4 Å². The molecule has 0 bridgehead atoms. The molecule has 1 aromatic heterocycles. The maximum absolute atomic E-state index is 10.8. The molecule has 0 atom stereocenters. The molecule has 102 valence electrons. The van der Waals surface area contributed by atoms with Crippen LogP contribution in [0.2, 0.25) is 0 Å². The van der Waals surface area contributed by atoms with Crippen LogP contribution in [0.5, 0.6) is 0 Å². The molecule has 2 aromatic rings. The highest BCUT2D eigenvalue weighted by atomic mass is 16.6. The summed E-state index contributed by atoms with van der Waals surface area (Å²) < 4.78 is 0. The van der Waals surface area contributed by atoms with Gasteiger partial charge in [0.05, 0.1) is 4.92 Å². The molecule has 0 unspecified atom stereocenters. The first kappa shape index (κ1) is 13.5. The van der Waals surface area contributed by atoms with E-state index in [2.05, 4.69) is 15.3 Å². The van der Waals surface area contributed by atoms with Gasteiger partial charge in [-0.3, -0.25) is 10.1 Å². The predicted molar refractivity (Wildman–Crippen MR) is 73.2 cm³/mol. The topological polar surface area (TPSA) is 108 Å². The Labute approximate surface area is 115 Å². The number of H-pyrrole nitrogens is 1. The van der Waals surface area contributed by atoms with Gasteiger partial charge in [-0.05, 0) is 18.6 Å². The molecule has 20 heavy (non-hydrogen) atoms. The van der Waals surface area contributed by atoms with Crippen molar-refractivity contribution in [1.82, 2.24) is 9.97 Å². The Hall–Kier alpha value is -2.88. The number of rotatable bonds is 6. The van der Waals surface area contributed by atoms with E-state index in [1.807, 2.05) is 6.07 Å². The van der Waals surface area contributed by atoms with E-state index in [1.54, 1.807) is 18.5 Å². The average Bonchev–Trinajstić information content (AvgIpc) is 2.96. The third-order valence-electron chi connectivity index (χ3n) is 2.79. The molecule has 0 spiro atoms. The van der Waals surface area contributed by atoms with Gasteiger partial charge in [0.25, 0.3) is 5.69 Å². The number of anilines is 1. The molecule has 0 radical (unpaired) electrons. The van der Waals surface area contributed by atoms with Crippen LogP contribution in [0.1, 0.15) is 17.8 Å². The van der Waals surface area contributed by atoms with Crippen molar-refractivity contribution in [3.8, 4) is 6.07 Å². The molecule has 2 rings (SSSR count). The number of aromatic nitrogens is 2. The number of hydrogen-bond donors (Lipinski definition) is 2. The fourth-order valence-electron chi connectivity index (χ4n) is 1.81. The Balaban J connectivity index is 1.91. The first-order valence-electron chi connectivity index (χ1n) is 6.11. The molecule has 7 heteroatoms. The molecule has 0 fully saturated rings. The van der Waals surface area contributed by atoms with Crippen molar-refractivity contribution in [2.45, 2.75) is 12.8 Å². The molecule has 0 saturated heterocycles. The monoisotopic (exact) mass is 271 g/mol. The van der Waals surface area contributed by atoms with E-state index in [1.165, 1.54) is 12.1 Å². The maximum atomic E-state index is 10.8. The number of nitro benzene ring substituents is 1. The van der Waals surface area contributed by atoms with Crippen molar-refractivity contribution in [3.05, 3.63) is 52.1 Å². The molecular weight excluding hydrogens is 258 g/mol. The van der Waals surface area contributed by atoms with Crippen LogP contribution < -0.4 is 5.32 Å². The Morgan fingerprint density at radius 2 is 2.35 bits per heavy atom. The van der Waals surface area contributed by atoms with Crippen LogP contribution in [-0.4, -0.2) is 21.4 Å². The van der Waals surface area contributed by atoms with E-state index in [4.69, 9.17) is 5.26 Å². The van der Waals surface area contributed by atoms with Crippen LogP contribution in [0.4, 0.5) is 11.4 Å². The number of aromatic amines is 1. The van der Waals surface area contributed by atoms with Crippen LogP contribution in [0.15, 0.2) is 30.6 Å². The first-order chi connectivity index (χ1) is 9.70. The molecular formula is C13H13N5O2. The number of benzene rings is 1. The number of aryl methyl sites for hydroxylation is 1. The summed E-state index contributed by atoms with van der Waals surface area (Å²) in [7, 11) is 0. The minimum atomic E-state index is -0.549. The number of imidazole rings is 1. The fraction of sp³-hybridized carbons (Fsp3) is 0.231. The van der Waals surface area contributed by atoms with Crippen molar-refractivity contribution >= 4 is 11.4 Å². The second-order valence-corrected chi connectivity index (χ2v) is 4.17. The van der Waals surface area contributed by atoms with E-state index in [0.29, 0.717) is 12.2 Å². The van der Waals surface area contributed by atoms with Crippen molar-refractivity contribution in [2.24, 2.45) is 0 Å². The number of nitriles is 1. The lowest BCUT2D eigenvalue weighted by atomic mass is 10.1. The summed E-state index contributed by atoms with van der Waals surface area (Å²) in [5.41, 5.74) is 0.523. The van der Waals surface area contributed by atoms with Gasteiger partial charge in [-0.15, -0.1) is 0 Å². The highest BCUT2D eigenvalue weighted by Gasteiger charge is 2.13. The summed E-state index contributed by atoms with van der Waals surface area (Å²) in [4.78, 5) is 17.4. The largest absolute Gasteiger partial charge is 0.385 e. The Bertz CT molecular complexity index is 631. The van der Waals surface area contributed by atoms with Gasteiger partial charge in [0.1, 0.15) is 17.5 Å². The normalized spacial score (nSPS) is 9.95. The van der Waals surface area contributed by atoms with Gasteiger partial charge < -0.3 is 10.3 Å². The molecule has 0 aliphatic carbocycles. The molecule has 0 aliphatic rings. The third kappa shape index (κ3) is 3.32. The van der Waals surface area contributed by atoms with Gasteiger partial charge in [0.2, 0.25) is 0 Å². The molecule has 2 N–H and O–H groups in total. The number of nitro groups is 1. The zero-order valence-corrected chi connectivity index (χ0v) is 10.7. The Morgan fingerprint density at radius 1 is 1.50 bits per heavy atom. The minimum absolute atomic E-state index is 0.0659. The summed E-state index contributed by atoms with van der Waals surface area (Å²) in [6.45, 7) is 0.670. The summed E-state index contributed by atoms with van der Waals surface area (Å²) >= 11 is 0. The van der Waals surface area contributed by atoms with E-state index < -0.39 is 4.92 Å². The zero-order chi connectivity index (χ0) is 14.4. The lowest BCUT2D eigenvalue weighted by molar-refractivity contribution is -0.385. The van der Waals surface area contributed by atoms with E-state index in [-0.39, 0.29) is 11.3 Å². The molecule has 0 aliphatic heterocycles. The van der Waals surface area contributed by atoms with E-state index in [0.717, 1.165) is 18.7 Å². The fourth-order valence-corrected chi connectivity index (χ4v) is 1.81. The van der Waals surface area contributed by atoms with Gasteiger partial charge in [0, 0.05) is 37.1 Å². The number of nitrogens with zero attached hydrogens (tertiary/aromatic N) is 3. The SMILES string of the molecule is N#Cc1ccc(NCCCc2ncc[nH]2)cc1[N+](=O)[O-]. The number of hydrogen-bond acceptors (Lipinski definition) is 5. The zero-order valence-electron chi connectivity index (χ0n) is 10.7. The van der Waals surface area contributed by atoms with Crippen LogP contribution in [0.25, 0.3) is 0 Å². The standard InChI is InChI=1S/C13H13N5O2/c14-9-10-3-4-11(8-12(10)18(19)20)15-5-1-2-13-16-6-7-17-13/h3-4,6-8,15H,1-2,5H2,(H,16,17). The predicted octanol–water partition coefficient (Wildman–Crippen LogP) is 2.23. The van der Waals surface area contributed by atoms with Crippen LogP contribution in [0.3, 0.4) is 0 Å². The summed E-state index contributed by atoms with van der Waals surface area (Å²) in [5, 5.41) is 22.7. The summed E-state index contributed by atoms with van der Waals surface area (Å²) in [5.74, 6) is 0.914. The van der Waals surface area contributed by atoms with Crippen LogP contribution in [-0.2, 0) is 6.42 Å². The summed E-state index contributed by atoms with van der Waals surface area (Å²) in [6.07, 6.45) is 5.12. The molecule has 7 nitrogen and oxygen atoms in total. The van der Waals surface area contributed by atoms with Gasteiger partial charge in [-0.1, -0.05) is 0 Å². The minimum Gasteiger partial charge on any atom is -0.385 e. The van der Waals surface area contributed by atoms with Crippen molar-refractivity contribution < 1.29 is 4.92 Å². The maximum Gasteiger partial charge on any atom is 0.289 e. The van der Waals surface area contributed by atoms with Crippen molar-refractivity contribution in [1.29, 1.82) is 5.26 Å². The van der Waals surface area contributed by atoms with E-state index >= 15 is 0 Å². The molecule has 1 aromatic carbocycles. The molecule has 0 saturated carbocycles. The van der Waals surface area contributed by atoms with Crippen molar-refractivity contribution in [2.75, 3.05) is 11.9 Å². The first-order valence-corrected chi connectivity index (χ1v) is 6.11. The van der Waals surface area contributed by atoms with Gasteiger partial charge in [-0.25, -0.2) is 4.98 Å². The lowest BCUT2D eigenvalue weighted by Crippen LogP contribution is -2.04. The lowest BCUT2D eigenvalue weighted by Gasteiger charge is -2.06. The van der Waals surface area contributed by atoms with Crippen LogP contribution >= 0.6 is 0 Å². The summed E-state index contributed by atoms with van der Waals surface area (Å²) in [6, 6.07) is 6.31. The Morgan fingerprint density at radius 3 is 3.00 bits per heavy atom. The smallest absolute Gasteiger partial charge is 0.289 e. The molecule has 1 heterocycles. The average molecular weight is 271 g/mol. The third-order valence-corrected chi connectivity index (χ3v) is 2.79. The van der Waals surface area contributed by atoms with Gasteiger partial charge in [-0.2, -0.15) is 5.26 Å².